The Balaban J connectivity index is 1.56. The summed E-state index contributed by atoms with van der Waals surface area (Å²) < 4.78 is 85.8. The van der Waals surface area contributed by atoms with E-state index < -0.39 is 40.5 Å². The van der Waals surface area contributed by atoms with Gasteiger partial charge in [0, 0.05) is 18.5 Å². The predicted octanol–water partition coefficient (Wildman–Crippen LogP) is 6.24. The Hall–Kier alpha value is -2.59. The van der Waals surface area contributed by atoms with E-state index in [4.69, 9.17) is 10.5 Å². The van der Waals surface area contributed by atoms with Crippen molar-refractivity contribution < 1.29 is 35.9 Å². The van der Waals surface area contributed by atoms with Crippen molar-refractivity contribution in [2.45, 2.75) is 68.4 Å². The number of carbonyl (C=O) groups excluding carboxylic acids is 1. The van der Waals surface area contributed by atoms with Crippen LogP contribution in [0.15, 0.2) is 48.5 Å². The molecule has 2 aromatic carbocycles. The molecular formula is C27H30F6N2O2. The molecule has 1 aliphatic carbocycles. The van der Waals surface area contributed by atoms with Gasteiger partial charge in [0.2, 0.25) is 5.91 Å². The van der Waals surface area contributed by atoms with Crippen LogP contribution in [0.25, 0.3) is 0 Å². The van der Waals surface area contributed by atoms with Crippen molar-refractivity contribution in [3.05, 3.63) is 70.8 Å². The monoisotopic (exact) mass is 528 g/mol. The highest BCUT2D eigenvalue weighted by Gasteiger charge is 2.58. The van der Waals surface area contributed by atoms with Crippen LogP contribution in [0.5, 0.6) is 0 Å². The molecule has 1 atom stereocenters. The Kier molecular flexibility index (Phi) is 7.38. The van der Waals surface area contributed by atoms with Gasteiger partial charge in [-0.05, 0) is 68.4 Å². The molecule has 2 aromatic rings. The van der Waals surface area contributed by atoms with Crippen LogP contribution in [0.4, 0.5) is 26.3 Å². The van der Waals surface area contributed by atoms with Gasteiger partial charge in [-0.25, -0.2) is 0 Å². The number of nitrogens with zero attached hydrogens (tertiary/aromatic N) is 1. The first-order chi connectivity index (χ1) is 17.2. The van der Waals surface area contributed by atoms with Gasteiger partial charge < -0.3 is 15.4 Å². The fourth-order valence-corrected chi connectivity index (χ4v) is 5.49. The second-order valence-corrected chi connectivity index (χ2v) is 10.3. The largest absolute Gasteiger partial charge is 0.416 e. The van der Waals surface area contributed by atoms with Gasteiger partial charge in [0.05, 0.1) is 29.4 Å². The van der Waals surface area contributed by atoms with E-state index in [2.05, 4.69) is 0 Å². The third-order valence-corrected chi connectivity index (χ3v) is 7.45. The second kappa shape index (κ2) is 9.94. The summed E-state index contributed by atoms with van der Waals surface area (Å²) in [4.78, 5) is 15.0. The third kappa shape index (κ3) is 5.80. The van der Waals surface area contributed by atoms with Crippen LogP contribution in [-0.2, 0) is 27.3 Å². The first-order valence-electron chi connectivity index (χ1n) is 12.3. The number of rotatable bonds is 6. The molecule has 4 rings (SSSR count). The van der Waals surface area contributed by atoms with Crippen molar-refractivity contribution in [2.75, 3.05) is 19.7 Å². The molecule has 1 saturated carbocycles. The first-order valence-corrected chi connectivity index (χ1v) is 12.3. The number of nitrogens with two attached hydrogens (primary N) is 1. The van der Waals surface area contributed by atoms with E-state index in [0.717, 1.165) is 24.8 Å². The van der Waals surface area contributed by atoms with Gasteiger partial charge in [0.25, 0.3) is 0 Å². The molecule has 10 heteroatoms. The second-order valence-electron chi connectivity index (χ2n) is 10.3. The summed E-state index contributed by atoms with van der Waals surface area (Å²) in [6.45, 7) is 2.71. The lowest BCUT2D eigenvalue weighted by Gasteiger charge is -2.55. The Labute approximate surface area is 211 Å². The normalized spacial score (nSPS) is 25.5. The lowest BCUT2D eigenvalue weighted by atomic mass is 9.54. The standard InChI is InChI=1S/C27H30F6N2O2/c1-18(19-12-21(26(28,29)30)14-22(13-19)27(31,32)33)37-17-24(20-8-4-2-5-9-20)15-25(34,16-24)23(36)35-10-6-3-7-11-35/h2,4-5,8-9,12-14,18H,3,6-7,10-11,15-17,34H2,1H3. The van der Waals surface area contributed by atoms with Crippen LogP contribution in [0.2, 0.25) is 0 Å². The minimum atomic E-state index is -4.94. The van der Waals surface area contributed by atoms with E-state index in [9.17, 15) is 31.1 Å². The van der Waals surface area contributed by atoms with Gasteiger partial charge in [-0.3, -0.25) is 4.79 Å². The van der Waals surface area contributed by atoms with Gasteiger partial charge in [-0.15, -0.1) is 0 Å². The van der Waals surface area contributed by atoms with Crippen LogP contribution < -0.4 is 5.73 Å². The molecule has 2 N–H and O–H groups in total. The van der Waals surface area contributed by atoms with Crippen molar-refractivity contribution >= 4 is 5.91 Å². The highest BCUT2D eigenvalue weighted by atomic mass is 19.4. The van der Waals surface area contributed by atoms with E-state index in [0.29, 0.717) is 25.2 Å². The van der Waals surface area contributed by atoms with Crippen molar-refractivity contribution in [3.8, 4) is 0 Å². The highest BCUT2D eigenvalue weighted by molar-refractivity contribution is 5.88. The molecule has 4 nitrogen and oxygen atoms in total. The number of alkyl halides is 6. The van der Waals surface area contributed by atoms with Crippen LogP contribution in [0.3, 0.4) is 0 Å². The van der Waals surface area contributed by atoms with Crippen molar-refractivity contribution in [3.63, 3.8) is 0 Å². The molecule has 0 radical (unpaired) electrons. The molecule has 2 aliphatic rings. The molecule has 1 saturated heterocycles. The van der Waals surface area contributed by atoms with E-state index in [-0.39, 0.29) is 37.0 Å². The molecule has 202 valence electrons. The van der Waals surface area contributed by atoms with Crippen molar-refractivity contribution in [2.24, 2.45) is 5.73 Å². The van der Waals surface area contributed by atoms with E-state index in [1.54, 1.807) is 4.90 Å². The highest BCUT2D eigenvalue weighted by Crippen LogP contribution is 2.51. The summed E-state index contributed by atoms with van der Waals surface area (Å²) in [6.07, 6.45) is -7.51. The summed E-state index contributed by atoms with van der Waals surface area (Å²) in [7, 11) is 0. The number of piperidine rings is 1. The Bertz CT molecular complexity index is 1070. The number of likely N-dealkylation sites (tertiary alicyclic amines) is 1. The number of ether oxygens (including phenoxy) is 1. The summed E-state index contributed by atoms with van der Waals surface area (Å²) in [5, 5.41) is 0. The lowest BCUT2D eigenvalue weighted by molar-refractivity contribution is -0.146. The minimum Gasteiger partial charge on any atom is -0.373 e. The van der Waals surface area contributed by atoms with Crippen LogP contribution >= 0.6 is 0 Å². The average Bonchev–Trinajstić information content (AvgIpc) is 2.85. The van der Waals surface area contributed by atoms with E-state index in [1.165, 1.54) is 6.92 Å². The molecule has 1 heterocycles. The number of benzene rings is 2. The van der Waals surface area contributed by atoms with Crippen LogP contribution in [0.1, 0.15) is 67.4 Å². The van der Waals surface area contributed by atoms with Crippen molar-refractivity contribution in [1.29, 1.82) is 0 Å². The Morgan fingerprint density at radius 1 is 0.946 bits per heavy atom. The molecule has 0 aromatic heterocycles. The quantitative estimate of drug-likeness (QED) is 0.452. The van der Waals surface area contributed by atoms with E-state index in [1.807, 2.05) is 30.3 Å². The molecule has 1 amide bonds. The zero-order chi connectivity index (χ0) is 27.1. The van der Waals surface area contributed by atoms with Gasteiger partial charge in [0.15, 0.2) is 0 Å². The summed E-state index contributed by atoms with van der Waals surface area (Å²) in [5.74, 6) is -0.125. The van der Waals surface area contributed by atoms with Crippen LogP contribution in [0, 0.1) is 0 Å². The first kappa shape index (κ1) is 27.4. The van der Waals surface area contributed by atoms with Gasteiger partial charge in [-0.1, -0.05) is 30.3 Å². The average molecular weight is 529 g/mol. The topological polar surface area (TPSA) is 55.6 Å². The fraction of sp³-hybridized carbons (Fsp3) is 0.519. The van der Waals surface area contributed by atoms with Crippen LogP contribution in [-0.4, -0.2) is 36.0 Å². The zero-order valence-electron chi connectivity index (χ0n) is 20.5. The Morgan fingerprint density at radius 3 is 2.00 bits per heavy atom. The SMILES string of the molecule is CC(OCC1(c2ccccc2)CC(N)(C(=O)N2CCCCC2)C1)c1cc(C(F)(F)F)cc(C(F)(F)F)c1. The van der Waals surface area contributed by atoms with E-state index >= 15 is 0 Å². The Morgan fingerprint density at radius 2 is 1.49 bits per heavy atom. The molecule has 2 fully saturated rings. The number of carbonyl (C=O) groups is 1. The predicted molar refractivity (Wildman–Crippen MR) is 126 cm³/mol. The number of hydrogen-bond acceptors (Lipinski definition) is 3. The maximum atomic E-state index is 13.3. The molecule has 0 bridgehead atoms. The summed E-state index contributed by atoms with van der Waals surface area (Å²) >= 11 is 0. The van der Waals surface area contributed by atoms with Gasteiger partial charge in [-0.2, -0.15) is 26.3 Å². The number of halogens is 6. The molecule has 0 spiro atoms. The van der Waals surface area contributed by atoms with Crippen molar-refractivity contribution in [1.82, 2.24) is 4.90 Å². The number of hydrogen-bond donors (Lipinski definition) is 1. The smallest absolute Gasteiger partial charge is 0.373 e. The molecule has 37 heavy (non-hydrogen) atoms. The summed E-state index contributed by atoms with van der Waals surface area (Å²) in [6, 6.07) is 10.7. The maximum absolute atomic E-state index is 13.3. The lowest BCUT2D eigenvalue weighted by Crippen LogP contribution is -2.69. The maximum Gasteiger partial charge on any atom is 0.416 e. The number of amides is 1. The minimum absolute atomic E-state index is 0.0119. The van der Waals surface area contributed by atoms with Gasteiger partial charge >= 0.3 is 12.4 Å². The molecule has 1 aliphatic heterocycles. The third-order valence-electron chi connectivity index (χ3n) is 7.45. The molecular weight excluding hydrogens is 498 g/mol. The zero-order valence-corrected chi connectivity index (χ0v) is 20.5. The summed E-state index contributed by atoms with van der Waals surface area (Å²) in [5.41, 5.74) is 2.61. The molecule has 1 unspecified atom stereocenters. The van der Waals surface area contributed by atoms with Gasteiger partial charge in [0.1, 0.15) is 0 Å². The fourth-order valence-electron chi connectivity index (χ4n) is 5.49.